The first kappa shape index (κ1) is 32.4. The summed E-state index contributed by atoms with van der Waals surface area (Å²) in [6.45, 7) is 11.9. The van der Waals surface area contributed by atoms with Gasteiger partial charge in [-0.15, -0.1) is 0 Å². The highest BCUT2D eigenvalue weighted by atomic mass is 16.5. The van der Waals surface area contributed by atoms with Crippen LogP contribution in [0.5, 0.6) is 0 Å². The minimum absolute atomic E-state index is 0.00751. The lowest BCUT2D eigenvalue weighted by atomic mass is 9.91. The lowest BCUT2D eigenvalue weighted by Crippen LogP contribution is -2.33. The van der Waals surface area contributed by atoms with Gasteiger partial charge in [-0.25, -0.2) is 0 Å². The number of rotatable bonds is 11. The highest BCUT2D eigenvalue weighted by molar-refractivity contribution is 5.98. The van der Waals surface area contributed by atoms with Gasteiger partial charge in [-0.2, -0.15) is 0 Å². The number of aliphatic hydroxyl groups excluding tert-OH is 1. The van der Waals surface area contributed by atoms with Gasteiger partial charge in [-0.05, 0) is 87.0 Å². The van der Waals surface area contributed by atoms with Crippen LogP contribution in [-0.4, -0.2) is 62.5 Å². The summed E-state index contributed by atoms with van der Waals surface area (Å²) < 4.78 is 0. The number of carboxylic acids is 1. The molecule has 4 heterocycles. The first-order valence-corrected chi connectivity index (χ1v) is 15.3. The molecule has 0 radical (unpaired) electrons. The maximum absolute atomic E-state index is 12.4. The third-order valence-electron chi connectivity index (χ3n) is 9.41. The van der Waals surface area contributed by atoms with E-state index in [4.69, 9.17) is 0 Å². The van der Waals surface area contributed by atoms with Crippen molar-refractivity contribution in [3.05, 3.63) is 55.9 Å². The smallest absolute Gasteiger partial charge is 0.303 e. The molecular weight excluding hydrogens is 548 g/mol. The number of hydrogen-bond donors (Lipinski definition) is 7. The van der Waals surface area contributed by atoms with Crippen molar-refractivity contribution < 1.29 is 29.7 Å². The number of amides is 2. The zero-order valence-corrected chi connectivity index (χ0v) is 26.0. The van der Waals surface area contributed by atoms with E-state index in [1.807, 2.05) is 46.8 Å². The van der Waals surface area contributed by atoms with E-state index in [1.54, 1.807) is 0 Å². The third kappa shape index (κ3) is 6.87. The van der Waals surface area contributed by atoms with Gasteiger partial charge in [0, 0.05) is 58.7 Å². The number of aliphatic hydroxyl groups is 2. The molecule has 0 aromatic carbocycles. The molecule has 10 nitrogen and oxygen atoms in total. The molecule has 3 unspecified atom stereocenters. The number of carbonyl (C=O) groups is 3. The molecule has 0 aliphatic carbocycles. The van der Waals surface area contributed by atoms with Crippen LogP contribution in [0.15, 0.2) is 34.1 Å². The number of hydrogen-bond acceptors (Lipinski definition) is 6. The number of aromatic amines is 1. The summed E-state index contributed by atoms with van der Waals surface area (Å²) in [7, 11) is 0. The van der Waals surface area contributed by atoms with Crippen molar-refractivity contribution in [2.75, 3.05) is 0 Å². The van der Waals surface area contributed by atoms with Crippen molar-refractivity contribution >= 4 is 29.9 Å². The molecule has 43 heavy (non-hydrogen) atoms. The summed E-state index contributed by atoms with van der Waals surface area (Å²) in [5, 5.41) is 40.1. The fourth-order valence-corrected chi connectivity index (χ4v) is 6.73. The van der Waals surface area contributed by atoms with Gasteiger partial charge in [0.25, 0.3) is 0 Å². The molecule has 5 atom stereocenters. The van der Waals surface area contributed by atoms with Gasteiger partial charge in [0.15, 0.2) is 6.29 Å². The molecule has 234 valence electrons. The molecule has 1 aromatic rings. The third-order valence-corrected chi connectivity index (χ3v) is 9.41. The van der Waals surface area contributed by atoms with Gasteiger partial charge in [0.05, 0.1) is 6.04 Å². The minimum atomic E-state index is -1.45. The summed E-state index contributed by atoms with van der Waals surface area (Å²) in [4.78, 5) is 39.9. The van der Waals surface area contributed by atoms with Gasteiger partial charge >= 0.3 is 5.97 Å². The molecule has 1 saturated heterocycles. The fourth-order valence-electron chi connectivity index (χ4n) is 6.73. The van der Waals surface area contributed by atoms with Gasteiger partial charge < -0.3 is 30.9 Å². The monoisotopic (exact) mass is 594 g/mol. The SMILES string of the molecule is CCC1=C(C)C(/C=c2/[nH]/c(=C\C3NC(/C=C4\NC(=O)[C@H](C)[C@H]4CC)C(C)=C3CCC(=O)O)c(CCC(O)O)c2C)NC1=O. The van der Waals surface area contributed by atoms with Crippen LogP contribution >= 0.6 is 0 Å². The van der Waals surface area contributed by atoms with Crippen LogP contribution in [0.25, 0.3) is 12.2 Å². The average molecular weight is 595 g/mol. The number of aromatic nitrogens is 1. The second-order valence-electron chi connectivity index (χ2n) is 12.0. The first-order chi connectivity index (χ1) is 20.4. The van der Waals surface area contributed by atoms with E-state index in [0.717, 1.165) is 56.2 Å². The molecule has 2 amide bonds. The second-order valence-corrected chi connectivity index (χ2v) is 12.0. The Hall–Kier alpha value is -3.47. The van der Waals surface area contributed by atoms with E-state index in [0.29, 0.717) is 19.3 Å². The summed E-state index contributed by atoms with van der Waals surface area (Å²) in [5.41, 5.74) is 6.57. The van der Waals surface area contributed by atoms with Crippen molar-refractivity contribution in [1.29, 1.82) is 0 Å². The Balaban J connectivity index is 1.78. The summed E-state index contributed by atoms with van der Waals surface area (Å²) in [5.74, 6) is -0.910. The zero-order chi connectivity index (χ0) is 31.6. The van der Waals surface area contributed by atoms with E-state index >= 15 is 0 Å². The van der Waals surface area contributed by atoms with Crippen LogP contribution in [0.1, 0.15) is 77.8 Å². The maximum atomic E-state index is 12.4. The molecule has 3 aliphatic heterocycles. The number of carbonyl (C=O) groups excluding carboxylic acids is 2. The Bertz CT molecular complexity index is 1500. The van der Waals surface area contributed by atoms with E-state index in [-0.39, 0.29) is 54.6 Å². The maximum Gasteiger partial charge on any atom is 0.303 e. The van der Waals surface area contributed by atoms with Crippen LogP contribution in [0, 0.1) is 18.8 Å². The summed E-state index contributed by atoms with van der Waals surface area (Å²) in [6.07, 6.45) is 7.07. The predicted molar refractivity (Wildman–Crippen MR) is 165 cm³/mol. The Labute approximate surface area is 252 Å². The van der Waals surface area contributed by atoms with Gasteiger partial charge in [0.2, 0.25) is 11.8 Å². The Kier molecular flexibility index (Phi) is 10.1. The Morgan fingerprint density at radius 1 is 0.953 bits per heavy atom. The quantitative estimate of drug-likeness (QED) is 0.151. The van der Waals surface area contributed by atoms with Crippen LogP contribution in [-0.2, 0) is 20.8 Å². The molecule has 0 bridgehead atoms. The fraction of sp³-hybridized carbons (Fsp3) is 0.545. The largest absolute Gasteiger partial charge is 0.481 e. The van der Waals surface area contributed by atoms with Crippen molar-refractivity contribution in [2.45, 2.75) is 104 Å². The normalized spacial score (nSPS) is 27.8. The predicted octanol–water partition coefficient (Wildman–Crippen LogP) is 1.55. The number of H-pyrrole nitrogens is 1. The number of aliphatic carboxylic acids is 1. The Morgan fingerprint density at radius 2 is 1.65 bits per heavy atom. The topological polar surface area (TPSA) is 164 Å². The highest BCUT2D eigenvalue weighted by Crippen LogP contribution is 2.33. The Morgan fingerprint density at radius 3 is 2.26 bits per heavy atom. The molecule has 0 saturated carbocycles. The molecule has 1 aromatic heterocycles. The van der Waals surface area contributed by atoms with Crippen molar-refractivity contribution in [2.24, 2.45) is 11.8 Å². The van der Waals surface area contributed by atoms with E-state index in [9.17, 15) is 29.7 Å². The molecule has 1 fully saturated rings. The van der Waals surface area contributed by atoms with E-state index in [2.05, 4.69) is 33.9 Å². The van der Waals surface area contributed by atoms with Gasteiger partial charge in [0.1, 0.15) is 0 Å². The van der Waals surface area contributed by atoms with Crippen LogP contribution in [0.4, 0.5) is 0 Å². The van der Waals surface area contributed by atoms with Crippen LogP contribution in [0.2, 0.25) is 0 Å². The van der Waals surface area contributed by atoms with E-state index in [1.165, 1.54) is 0 Å². The number of carboxylic acid groups (broad SMARTS) is 1. The van der Waals surface area contributed by atoms with Crippen molar-refractivity contribution in [1.82, 2.24) is 20.9 Å². The average Bonchev–Trinajstić information content (AvgIpc) is 3.59. The summed E-state index contributed by atoms with van der Waals surface area (Å²) in [6, 6.07) is -0.703. The first-order valence-electron chi connectivity index (χ1n) is 15.3. The molecule has 7 N–H and O–H groups in total. The molecule has 4 rings (SSSR count). The number of nitrogens with one attached hydrogen (secondary N) is 4. The minimum Gasteiger partial charge on any atom is -0.481 e. The molecule has 10 heteroatoms. The lowest BCUT2D eigenvalue weighted by molar-refractivity contribution is -0.137. The van der Waals surface area contributed by atoms with Crippen LogP contribution in [0.3, 0.4) is 0 Å². The molecule has 0 spiro atoms. The zero-order valence-electron chi connectivity index (χ0n) is 26.0. The van der Waals surface area contributed by atoms with Crippen molar-refractivity contribution in [3.8, 4) is 0 Å². The van der Waals surface area contributed by atoms with Crippen molar-refractivity contribution in [3.63, 3.8) is 0 Å². The summed E-state index contributed by atoms with van der Waals surface area (Å²) >= 11 is 0. The van der Waals surface area contributed by atoms with Gasteiger partial charge in [-0.3, -0.25) is 19.7 Å². The van der Waals surface area contributed by atoms with E-state index < -0.39 is 12.3 Å². The number of allylic oxidation sites excluding steroid dienone is 1. The standard InChI is InChI=1S/C33H46N4O6/c1-7-20-19(6)32(42)37-27(20)14-25-18(5)23(10-12-31(40)41)29(35-25)15-28-22(9-11-30(38)39)17(4)24(34-28)13-26-16(3)21(8-2)33(43)36-26/h13-15,19-20,25-26,29-30,34-35,38-39H,7-12H2,1-6H3,(H,36,43)(H,37,42)(H,40,41)/b24-13+,27-14-,28-15-/t19-,20-,25?,26?,29?/m1/s1. The molecular formula is C33H46N4O6. The lowest BCUT2D eigenvalue weighted by Gasteiger charge is -2.16. The molecule has 3 aliphatic rings. The van der Waals surface area contributed by atoms with Gasteiger partial charge in [-0.1, -0.05) is 26.3 Å². The van der Waals surface area contributed by atoms with Crippen LogP contribution < -0.4 is 26.6 Å². The second kappa shape index (κ2) is 13.4. The highest BCUT2D eigenvalue weighted by Gasteiger charge is 2.36.